The fourth-order valence-corrected chi connectivity index (χ4v) is 1.90. The molecule has 78 valence electrons. The van der Waals surface area contributed by atoms with Crippen molar-refractivity contribution < 1.29 is 4.74 Å². The fraction of sp³-hybridized carbons (Fsp3) is 1.00. The lowest BCUT2D eigenvalue weighted by Crippen LogP contribution is -2.50. The van der Waals surface area contributed by atoms with Crippen LogP contribution in [-0.4, -0.2) is 43.3 Å². The summed E-state index contributed by atoms with van der Waals surface area (Å²) in [6, 6.07) is 0.844. The zero-order valence-corrected chi connectivity index (χ0v) is 8.99. The molecule has 3 atom stereocenters. The highest BCUT2D eigenvalue weighted by atomic mass is 16.5. The minimum absolute atomic E-state index is 0.297. The largest absolute Gasteiger partial charge is 0.380 e. The third-order valence-electron chi connectivity index (χ3n) is 3.12. The Morgan fingerprint density at radius 3 is 2.69 bits per heavy atom. The maximum Gasteiger partial charge on any atom is 0.0695 e. The topological polar surface area (TPSA) is 38.5 Å². The average Bonchev–Trinajstić information content (AvgIpc) is 2.15. The van der Waals surface area contributed by atoms with Crippen LogP contribution in [0.2, 0.25) is 0 Å². The molecule has 13 heavy (non-hydrogen) atoms. The molecule has 1 rings (SSSR count). The van der Waals surface area contributed by atoms with Crippen LogP contribution in [0.4, 0.5) is 0 Å². The first-order valence-electron chi connectivity index (χ1n) is 5.17. The number of hydrogen-bond acceptors (Lipinski definition) is 3. The Hall–Kier alpha value is -0.120. The van der Waals surface area contributed by atoms with E-state index >= 15 is 0 Å². The molecule has 0 saturated carbocycles. The lowest BCUT2D eigenvalue weighted by molar-refractivity contribution is 0.0224. The number of nitrogens with zero attached hydrogens (tertiary/aromatic N) is 1. The normalized spacial score (nSPS) is 30.0. The summed E-state index contributed by atoms with van der Waals surface area (Å²) in [6.45, 7) is 6.52. The summed E-state index contributed by atoms with van der Waals surface area (Å²) in [6.07, 6.45) is 2.69. The zero-order chi connectivity index (χ0) is 9.84. The standard InChI is InChI=1S/C10H22N2O/c1-8(9(2)13-3)12-6-4-5-10(11)7-12/h8-10H,4-7,11H2,1-3H3. The van der Waals surface area contributed by atoms with Crippen LogP contribution < -0.4 is 5.73 Å². The Labute approximate surface area is 81.2 Å². The van der Waals surface area contributed by atoms with Gasteiger partial charge in [0.05, 0.1) is 6.10 Å². The lowest BCUT2D eigenvalue weighted by Gasteiger charge is -2.37. The molecule has 0 aliphatic carbocycles. The molecule has 0 aromatic heterocycles. The van der Waals surface area contributed by atoms with Gasteiger partial charge in [-0.3, -0.25) is 4.90 Å². The molecule has 3 nitrogen and oxygen atoms in total. The smallest absolute Gasteiger partial charge is 0.0695 e. The van der Waals surface area contributed by atoms with Gasteiger partial charge in [-0.25, -0.2) is 0 Å². The molecule has 1 fully saturated rings. The van der Waals surface area contributed by atoms with E-state index in [4.69, 9.17) is 10.5 Å². The van der Waals surface area contributed by atoms with E-state index in [9.17, 15) is 0 Å². The first kappa shape index (κ1) is 11.0. The minimum atomic E-state index is 0.297. The molecule has 0 spiro atoms. The van der Waals surface area contributed by atoms with Gasteiger partial charge in [0, 0.05) is 25.7 Å². The molecule has 2 N–H and O–H groups in total. The number of rotatable bonds is 3. The molecular formula is C10H22N2O. The lowest BCUT2D eigenvalue weighted by atomic mass is 10.0. The third-order valence-corrected chi connectivity index (χ3v) is 3.12. The Morgan fingerprint density at radius 2 is 2.15 bits per heavy atom. The average molecular weight is 186 g/mol. The van der Waals surface area contributed by atoms with E-state index in [-0.39, 0.29) is 0 Å². The SMILES string of the molecule is COC(C)C(C)N1CCCC(N)C1. The van der Waals surface area contributed by atoms with Crippen molar-refractivity contribution >= 4 is 0 Å². The highest BCUT2D eigenvalue weighted by Crippen LogP contribution is 2.14. The number of likely N-dealkylation sites (tertiary alicyclic amines) is 1. The molecular weight excluding hydrogens is 164 g/mol. The first-order chi connectivity index (χ1) is 6.15. The van der Waals surface area contributed by atoms with Crippen molar-refractivity contribution in [3.8, 4) is 0 Å². The van der Waals surface area contributed by atoms with Crippen molar-refractivity contribution in [1.82, 2.24) is 4.90 Å². The van der Waals surface area contributed by atoms with Gasteiger partial charge in [-0.15, -0.1) is 0 Å². The second kappa shape index (κ2) is 4.94. The third kappa shape index (κ3) is 2.93. The summed E-state index contributed by atoms with van der Waals surface area (Å²) >= 11 is 0. The molecule has 0 bridgehead atoms. The summed E-state index contributed by atoms with van der Waals surface area (Å²) in [4.78, 5) is 2.43. The molecule has 3 heteroatoms. The first-order valence-corrected chi connectivity index (χ1v) is 5.17. The molecule has 1 aliphatic heterocycles. The van der Waals surface area contributed by atoms with Crippen molar-refractivity contribution in [3.63, 3.8) is 0 Å². The van der Waals surface area contributed by atoms with Gasteiger partial charge >= 0.3 is 0 Å². The van der Waals surface area contributed by atoms with Crippen LogP contribution >= 0.6 is 0 Å². The van der Waals surface area contributed by atoms with Gasteiger partial charge < -0.3 is 10.5 Å². The Morgan fingerprint density at radius 1 is 1.46 bits per heavy atom. The van der Waals surface area contributed by atoms with Crippen LogP contribution in [-0.2, 0) is 4.74 Å². The summed E-state index contributed by atoms with van der Waals surface area (Å²) in [5.41, 5.74) is 5.92. The van der Waals surface area contributed by atoms with Crippen LogP contribution in [0.5, 0.6) is 0 Å². The number of ether oxygens (including phenoxy) is 1. The van der Waals surface area contributed by atoms with E-state index in [2.05, 4.69) is 18.7 Å². The molecule has 1 heterocycles. The van der Waals surface area contributed by atoms with Gasteiger partial charge in [-0.05, 0) is 33.2 Å². The summed E-state index contributed by atoms with van der Waals surface area (Å²) < 4.78 is 5.32. The van der Waals surface area contributed by atoms with Crippen molar-refractivity contribution in [2.45, 2.75) is 44.9 Å². The van der Waals surface area contributed by atoms with Gasteiger partial charge in [0.1, 0.15) is 0 Å². The van der Waals surface area contributed by atoms with E-state index in [0.29, 0.717) is 18.2 Å². The van der Waals surface area contributed by atoms with E-state index in [1.54, 1.807) is 7.11 Å². The van der Waals surface area contributed by atoms with Gasteiger partial charge in [-0.2, -0.15) is 0 Å². The predicted molar refractivity (Wildman–Crippen MR) is 54.7 cm³/mol. The quantitative estimate of drug-likeness (QED) is 0.709. The van der Waals surface area contributed by atoms with Crippen LogP contribution in [0.1, 0.15) is 26.7 Å². The maximum atomic E-state index is 5.92. The Bertz CT molecular complexity index is 152. The van der Waals surface area contributed by atoms with Crippen LogP contribution in [0.25, 0.3) is 0 Å². The van der Waals surface area contributed by atoms with E-state index < -0.39 is 0 Å². The monoisotopic (exact) mass is 186 g/mol. The molecule has 0 aromatic rings. The summed E-state index contributed by atoms with van der Waals surface area (Å²) in [5.74, 6) is 0. The van der Waals surface area contributed by atoms with Crippen molar-refractivity contribution in [3.05, 3.63) is 0 Å². The highest BCUT2D eigenvalue weighted by molar-refractivity contribution is 4.81. The number of piperidine rings is 1. The zero-order valence-electron chi connectivity index (χ0n) is 8.99. The molecule has 0 amide bonds. The van der Waals surface area contributed by atoms with Crippen molar-refractivity contribution in [2.75, 3.05) is 20.2 Å². The van der Waals surface area contributed by atoms with Crippen LogP contribution in [0, 0.1) is 0 Å². The van der Waals surface area contributed by atoms with Gasteiger partial charge in [-0.1, -0.05) is 0 Å². The molecule has 1 aliphatic rings. The highest BCUT2D eigenvalue weighted by Gasteiger charge is 2.24. The van der Waals surface area contributed by atoms with Crippen LogP contribution in [0.3, 0.4) is 0 Å². The molecule has 1 saturated heterocycles. The van der Waals surface area contributed by atoms with Crippen LogP contribution in [0.15, 0.2) is 0 Å². The van der Waals surface area contributed by atoms with Gasteiger partial charge in [0.15, 0.2) is 0 Å². The van der Waals surface area contributed by atoms with Gasteiger partial charge in [0.2, 0.25) is 0 Å². The summed E-state index contributed by atoms with van der Waals surface area (Å²) in [7, 11) is 1.77. The number of hydrogen-bond donors (Lipinski definition) is 1. The van der Waals surface area contributed by atoms with E-state index in [1.807, 2.05) is 0 Å². The van der Waals surface area contributed by atoms with Crippen molar-refractivity contribution in [1.29, 1.82) is 0 Å². The van der Waals surface area contributed by atoms with Gasteiger partial charge in [0.25, 0.3) is 0 Å². The van der Waals surface area contributed by atoms with Crippen molar-refractivity contribution in [2.24, 2.45) is 5.73 Å². The Balaban J connectivity index is 2.41. The predicted octanol–water partition coefficient (Wildman–Crippen LogP) is 0.833. The fourth-order valence-electron chi connectivity index (χ4n) is 1.90. The second-order valence-corrected chi connectivity index (χ2v) is 4.08. The number of nitrogens with two attached hydrogens (primary N) is 1. The second-order valence-electron chi connectivity index (χ2n) is 4.08. The summed E-state index contributed by atoms with van der Waals surface area (Å²) in [5, 5.41) is 0. The minimum Gasteiger partial charge on any atom is -0.380 e. The molecule has 3 unspecified atom stereocenters. The molecule has 0 radical (unpaired) electrons. The maximum absolute atomic E-state index is 5.92. The Kier molecular flexibility index (Phi) is 4.16. The molecule has 0 aromatic carbocycles. The van der Waals surface area contributed by atoms with E-state index in [1.165, 1.54) is 19.4 Å². The van der Waals surface area contributed by atoms with E-state index in [0.717, 1.165) is 6.54 Å². The number of methoxy groups -OCH3 is 1.